The standard InChI is InChI=1S/C25H30N2O6/c1-23(2,3)32-21(29)26-19(17-13-9-7-10-14-17)25(31,18-15-11-8-12-16-18)20(28)27(26)22(30)33-24(4,5)6/h7-16,19,31H,1-6H3. The van der Waals surface area contributed by atoms with E-state index < -0.39 is 40.9 Å². The Morgan fingerprint density at radius 3 is 1.76 bits per heavy atom. The van der Waals surface area contributed by atoms with Gasteiger partial charge in [-0.1, -0.05) is 60.7 Å². The molecule has 2 aromatic carbocycles. The molecule has 3 rings (SSSR count). The largest absolute Gasteiger partial charge is 0.442 e. The Morgan fingerprint density at radius 2 is 1.27 bits per heavy atom. The molecule has 2 atom stereocenters. The van der Waals surface area contributed by atoms with Gasteiger partial charge in [-0.15, -0.1) is 5.01 Å². The van der Waals surface area contributed by atoms with Crippen LogP contribution >= 0.6 is 0 Å². The molecule has 1 aliphatic rings. The van der Waals surface area contributed by atoms with Crippen LogP contribution < -0.4 is 0 Å². The second-order valence-corrected chi connectivity index (χ2v) is 9.87. The minimum absolute atomic E-state index is 0.225. The minimum atomic E-state index is -2.27. The number of imide groups is 1. The predicted octanol–water partition coefficient (Wildman–Crippen LogP) is 4.54. The SMILES string of the molecule is CC(C)(C)OC(=O)N1C(=O)C(O)(c2ccccc2)C(c2ccccc2)N1C(=O)OC(C)(C)C. The normalized spacial score (nSPS) is 21.2. The number of hydrogen-bond donors (Lipinski definition) is 1. The Bertz CT molecular complexity index is 1030. The number of aliphatic hydroxyl groups is 1. The first-order chi connectivity index (χ1) is 15.3. The van der Waals surface area contributed by atoms with Crippen molar-refractivity contribution in [2.24, 2.45) is 0 Å². The predicted molar refractivity (Wildman–Crippen MR) is 121 cm³/mol. The molecule has 2 unspecified atom stereocenters. The van der Waals surface area contributed by atoms with Gasteiger partial charge in [0.05, 0.1) is 0 Å². The smallest absolute Gasteiger partial charge is 0.437 e. The highest BCUT2D eigenvalue weighted by atomic mass is 16.6. The Balaban J connectivity index is 2.25. The summed E-state index contributed by atoms with van der Waals surface area (Å²) in [6.45, 7) is 9.93. The van der Waals surface area contributed by atoms with Gasteiger partial charge in [0.2, 0.25) is 0 Å². The van der Waals surface area contributed by atoms with E-state index in [1.165, 1.54) is 0 Å². The molecule has 0 spiro atoms. The first-order valence-corrected chi connectivity index (χ1v) is 10.7. The molecule has 8 nitrogen and oxygen atoms in total. The Hall–Kier alpha value is -3.39. The average Bonchev–Trinajstić information content (AvgIpc) is 2.95. The van der Waals surface area contributed by atoms with Crippen LogP contribution in [-0.4, -0.2) is 44.4 Å². The van der Waals surface area contributed by atoms with E-state index in [0.29, 0.717) is 10.6 Å². The van der Waals surface area contributed by atoms with E-state index >= 15 is 0 Å². The lowest BCUT2D eigenvalue weighted by atomic mass is 9.83. The molecule has 0 aliphatic carbocycles. The summed E-state index contributed by atoms with van der Waals surface area (Å²) in [4.78, 5) is 40.3. The summed E-state index contributed by atoms with van der Waals surface area (Å²) in [7, 11) is 0. The maximum Gasteiger partial charge on any atom is 0.437 e. The molecular formula is C25H30N2O6. The molecule has 33 heavy (non-hydrogen) atoms. The summed E-state index contributed by atoms with van der Waals surface area (Å²) in [5, 5.41) is 13.3. The summed E-state index contributed by atoms with van der Waals surface area (Å²) in [5.41, 5.74) is -3.48. The van der Waals surface area contributed by atoms with Crippen molar-refractivity contribution in [1.29, 1.82) is 0 Å². The zero-order valence-corrected chi connectivity index (χ0v) is 19.7. The number of rotatable bonds is 2. The van der Waals surface area contributed by atoms with Crippen molar-refractivity contribution in [3.8, 4) is 0 Å². The summed E-state index contributed by atoms with van der Waals surface area (Å²) in [6, 6.07) is 15.5. The molecular weight excluding hydrogens is 424 g/mol. The van der Waals surface area contributed by atoms with Crippen molar-refractivity contribution in [2.75, 3.05) is 0 Å². The molecule has 2 aromatic rings. The molecule has 1 saturated heterocycles. The Kier molecular flexibility index (Phi) is 6.26. The number of amides is 3. The van der Waals surface area contributed by atoms with Crippen molar-refractivity contribution in [2.45, 2.75) is 64.4 Å². The number of carbonyl (C=O) groups excluding carboxylic acids is 3. The third-order valence-electron chi connectivity index (χ3n) is 4.85. The zero-order valence-electron chi connectivity index (χ0n) is 19.7. The number of ether oxygens (including phenoxy) is 2. The van der Waals surface area contributed by atoms with Crippen molar-refractivity contribution in [3.63, 3.8) is 0 Å². The second kappa shape index (κ2) is 8.51. The lowest BCUT2D eigenvalue weighted by Gasteiger charge is -2.34. The number of carbonyl (C=O) groups is 3. The van der Waals surface area contributed by atoms with Crippen LogP contribution in [0.5, 0.6) is 0 Å². The summed E-state index contributed by atoms with van der Waals surface area (Å²) in [6.07, 6.45) is -2.06. The summed E-state index contributed by atoms with van der Waals surface area (Å²) in [5.74, 6) is -1.01. The van der Waals surface area contributed by atoms with Crippen molar-refractivity contribution in [1.82, 2.24) is 10.0 Å². The molecule has 1 aliphatic heterocycles. The maximum absolute atomic E-state index is 13.7. The van der Waals surface area contributed by atoms with Crippen molar-refractivity contribution < 1.29 is 29.0 Å². The van der Waals surface area contributed by atoms with Gasteiger partial charge in [-0.05, 0) is 52.7 Å². The molecule has 0 bridgehead atoms. The zero-order chi connectivity index (χ0) is 24.6. The fraction of sp³-hybridized carbons (Fsp3) is 0.400. The fourth-order valence-electron chi connectivity index (χ4n) is 3.63. The highest BCUT2D eigenvalue weighted by molar-refractivity contribution is 6.02. The first kappa shape index (κ1) is 24.3. The van der Waals surface area contributed by atoms with Crippen LogP contribution in [0, 0.1) is 0 Å². The number of benzene rings is 2. The molecule has 176 valence electrons. The van der Waals surface area contributed by atoms with Crippen molar-refractivity contribution >= 4 is 18.1 Å². The van der Waals surface area contributed by atoms with Gasteiger partial charge >= 0.3 is 12.2 Å². The molecule has 1 N–H and O–H groups in total. The second-order valence-electron chi connectivity index (χ2n) is 9.87. The fourth-order valence-corrected chi connectivity index (χ4v) is 3.63. The first-order valence-electron chi connectivity index (χ1n) is 10.7. The average molecular weight is 455 g/mol. The highest BCUT2D eigenvalue weighted by Gasteiger charge is 2.64. The number of hydrogen-bond acceptors (Lipinski definition) is 6. The van der Waals surface area contributed by atoms with E-state index in [-0.39, 0.29) is 5.56 Å². The van der Waals surface area contributed by atoms with Gasteiger partial charge < -0.3 is 14.6 Å². The molecule has 0 aromatic heterocycles. The van der Waals surface area contributed by atoms with Crippen molar-refractivity contribution in [3.05, 3.63) is 71.8 Å². The highest BCUT2D eigenvalue weighted by Crippen LogP contribution is 2.48. The topological polar surface area (TPSA) is 96.4 Å². The van der Waals surface area contributed by atoms with Gasteiger partial charge in [-0.3, -0.25) is 4.79 Å². The summed E-state index contributed by atoms with van der Waals surface area (Å²) < 4.78 is 11.0. The molecule has 0 radical (unpaired) electrons. The van der Waals surface area contributed by atoms with Crippen LogP contribution in [0.15, 0.2) is 60.7 Å². The third-order valence-corrected chi connectivity index (χ3v) is 4.85. The third kappa shape index (κ3) is 4.85. The lowest BCUT2D eigenvalue weighted by molar-refractivity contribution is -0.146. The maximum atomic E-state index is 13.7. The molecule has 8 heteroatoms. The Morgan fingerprint density at radius 1 is 0.818 bits per heavy atom. The van der Waals surface area contributed by atoms with E-state index in [0.717, 1.165) is 5.01 Å². The minimum Gasteiger partial charge on any atom is -0.442 e. The van der Waals surface area contributed by atoms with Crippen LogP contribution in [0.4, 0.5) is 9.59 Å². The van der Waals surface area contributed by atoms with E-state index in [4.69, 9.17) is 9.47 Å². The van der Waals surface area contributed by atoms with E-state index in [9.17, 15) is 19.5 Å². The van der Waals surface area contributed by atoms with E-state index in [2.05, 4.69) is 0 Å². The lowest BCUT2D eigenvalue weighted by Crippen LogP contribution is -2.50. The van der Waals surface area contributed by atoms with Crippen LogP contribution in [-0.2, 0) is 19.9 Å². The Labute approximate surface area is 193 Å². The van der Waals surface area contributed by atoms with Crippen LogP contribution in [0.2, 0.25) is 0 Å². The number of hydrazine groups is 1. The molecule has 1 heterocycles. The van der Waals surface area contributed by atoms with E-state index in [1.807, 2.05) is 0 Å². The van der Waals surface area contributed by atoms with Gasteiger partial charge in [0.15, 0.2) is 5.60 Å². The summed E-state index contributed by atoms with van der Waals surface area (Å²) >= 11 is 0. The molecule has 0 saturated carbocycles. The van der Waals surface area contributed by atoms with Crippen LogP contribution in [0.1, 0.15) is 58.7 Å². The molecule has 3 amide bonds. The van der Waals surface area contributed by atoms with Gasteiger partial charge in [0.1, 0.15) is 17.2 Å². The van der Waals surface area contributed by atoms with Gasteiger partial charge in [0, 0.05) is 0 Å². The number of nitrogens with zero attached hydrogens (tertiary/aromatic N) is 2. The van der Waals surface area contributed by atoms with Gasteiger partial charge in [0.25, 0.3) is 5.91 Å². The van der Waals surface area contributed by atoms with Gasteiger partial charge in [-0.25, -0.2) is 9.59 Å². The van der Waals surface area contributed by atoms with E-state index in [1.54, 1.807) is 102 Å². The monoisotopic (exact) mass is 454 g/mol. The van der Waals surface area contributed by atoms with Crippen LogP contribution in [0.3, 0.4) is 0 Å². The quantitative estimate of drug-likeness (QED) is 0.715. The van der Waals surface area contributed by atoms with Gasteiger partial charge in [-0.2, -0.15) is 5.01 Å². The van der Waals surface area contributed by atoms with Crippen LogP contribution in [0.25, 0.3) is 0 Å². The molecule has 1 fully saturated rings.